The summed E-state index contributed by atoms with van der Waals surface area (Å²) in [7, 11) is 3.03. The van der Waals surface area contributed by atoms with Crippen LogP contribution in [0.15, 0.2) is 16.6 Å². The fourth-order valence-corrected chi connectivity index (χ4v) is 1.94. The number of rotatable bonds is 5. The van der Waals surface area contributed by atoms with Crippen molar-refractivity contribution >= 4 is 21.8 Å². The minimum absolute atomic E-state index is 0.149. The van der Waals surface area contributed by atoms with E-state index in [1.807, 2.05) is 0 Å². The summed E-state index contributed by atoms with van der Waals surface area (Å²) in [5.41, 5.74) is -0.275. The second kappa shape index (κ2) is 6.25. The summed E-state index contributed by atoms with van der Waals surface area (Å²) in [6.07, 6.45) is 0. The summed E-state index contributed by atoms with van der Waals surface area (Å²) in [6, 6.07) is 3.26. The van der Waals surface area contributed by atoms with E-state index in [9.17, 15) is 9.90 Å². The van der Waals surface area contributed by atoms with Crippen LogP contribution in [0, 0.1) is 0 Å². The van der Waals surface area contributed by atoms with Crippen LogP contribution in [0.3, 0.4) is 0 Å². The van der Waals surface area contributed by atoms with Gasteiger partial charge in [-0.05, 0) is 41.9 Å². The lowest BCUT2D eigenvalue weighted by molar-refractivity contribution is 0.0868. The normalized spacial score (nSPS) is 11.1. The maximum Gasteiger partial charge on any atom is 0.253 e. The fraction of sp³-hybridized carbons (Fsp3) is 0.462. The topological polar surface area (TPSA) is 67.8 Å². The minimum atomic E-state index is -0.691. The Morgan fingerprint density at radius 1 is 1.32 bits per heavy atom. The molecule has 0 spiro atoms. The van der Waals surface area contributed by atoms with Crippen molar-refractivity contribution in [1.29, 1.82) is 0 Å². The smallest absolute Gasteiger partial charge is 0.253 e. The molecule has 0 heterocycles. The zero-order valence-electron chi connectivity index (χ0n) is 11.4. The largest absolute Gasteiger partial charge is 0.493 e. The molecule has 5 nitrogen and oxygen atoms in total. The van der Waals surface area contributed by atoms with Gasteiger partial charge >= 0.3 is 0 Å². The number of carbonyl (C=O) groups is 1. The maximum absolute atomic E-state index is 12.2. The van der Waals surface area contributed by atoms with Crippen molar-refractivity contribution in [2.24, 2.45) is 0 Å². The molecular formula is C13H18BrNO4. The van der Waals surface area contributed by atoms with Gasteiger partial charge in [-0.1, -0.05) is 0 Å². The summed E-state index contributed by atoms with van der Waals surface area (Å²) in [5.74, 6) is 0.705. The number of benzene rings is 1. The fourth-order valence-electron chi connectivity index (χ4n) is 1.44. The Kier molecular flexibility index (Phi) is 5.20. The van der Waals surface area contributed by atoms with Crippen LogP contribution in [-0.2, 0) is 0 Å². The molecule has 1 rings (SSSR count). The summed E-state index contributed by atoms with van der Waals surface area (Å²) in [5, 5.41) is 11.9. The highest BCUT2D eigenvalue weighted by Gasteiger charge is 2.22. The van der Waals surface area contributed by atoms with Crippen LogP contribution >= 0.6 is 15.9 Å². The van der Waals surface area contributed by atoms with E-state index >= 15 is 0 Å². The highest BCUT2D eigenvalue weighted by atomic mass is 79.9. The predicted octanol–water partition coefficient (Wildman–Crippen LogP) is 1.97. The molecule has 0 aromatic heterocycles. The third kappa shape index (κ3) is 3.84. The number of halogens is 1. The van der Waals surface area contributed by atoms with Crippen LogP contribution in [0.4, 0.5) is 0 Å². The van der Waals surface area contributed by atoms with E-state index in [0.29, 0.717) is 21.5 Å². The second-order valence-corrected chi connectivity index (χ2v) is 5.54. The van der Waals surface area contributed by atoms with Crippen molar-refractivity contribution in [3.05, 3.63) is 22.2 Å². The van der Waals surface area contributed by atoms with Gasteiger partial charge in [0.1, 0.15) is 0 Å². The van der Waals surface area contributed by atoms with Crippen LogP contribution in [-0.4, -0.2) is 37.4 Å². The molecule has 0 bridgehead atoms. The number of nitrogens with one attached hydrogen (secondary N) is 1. The standard InChI is InChI=1S/C13H18BrNO4/c1-13(2,7-16)15-12(17)8-5-10(18-3)11(19-4)6-9(8)14/h5-6,16H,7H2,1-4H3,(H,15,17). The Morgan fingerprint density at radius 3 is 2.32 bits per heavy atom. The molecule has 0 aliphatic heterocycles. The molecule has 0 saturated heterocycles. The van der Waals surface area contributed by atoms with Gasteiger partial charge in [0.05, 0.1) is 31.9 Å². The Labute approximate surface area is 121 Å². The molecule has 0 atom stereocenters. The van der Waals surface area contributed by atoms with Gasteiger partial charge in [0.2, 0.25) is 0 Å². The first-order valence-electron chi connectivity index (χ1n) is 5.69. The van der Waals surface area contributed by atoms with Gasteiger partial charge in [-0.3, -0.25) is 4.79 Å². The molecule has 1 amide bonds. The monoisotopic (exact) mass is 331 g/mol. The Bertz CT molecular complexity index is 474. The number of amides is 1. The van der Waals surface area contributed by atoms with Gasteiger partial charge in [0.25, 0.3) is 5.91 Å². The molecule has 0 saturated carbocycles. The zero-order chi connectivity index (χ0) is 14.6. The average molecular weight is 332 g/mol. The van der Waals surface area contributed by atoms with Gasteiger partial charge < -0.3 is 19.9 Å². The van der Waals surface area contributed by atoms with Crippen molar-refractivity contribution in [1.82, 2.24) is 5.32 Å². The Morgan fingerprint density at radius 2 is 1.84 bits per heavy atom. The molecule has 0 unspecified atom stereocenters. The van der Waals surface area contributed by atoms with E-state index in [4.69, 9.17) is 9.47 Å². The lowest BCUT2D eigenvalue weighted by Gasteiger charge is -2.24. The van der Waals surface area contributed by atoms with E-state index in [1.54, 1.807) is 26.0 Å². The third-order valence-electron chi connectivity index (χ3n) is 2.57. The van der Waals surface area contributed by atoms with E-state index < -0.39 is 5.54 Å². The Balaban J connectivity index is 3.10. The molecular weight excluding hydrogens is 314 g/mol. The number of carbonyl (C=O) groups excluding carboxylic acids is 1. The third-order valence-corrected chi connectivity index (χ3v) is 3.22. The van der Waals surface area contributed by atoms with Crippen molar-refractivity contribution in [2.75, 3.05) is 20.8 Å². The van der Waals surface area contributed by atoms with Gasteiger partial charge in [-0.15, -0.1) is 0 Å². The maximum atomic E-state index is 12.2. The summed E-state index contributed by atoms with van der Waals surface area (Å²) in [6.45, 7) is 3.32. The van der Waals surface area contributed by atoms with Gasteiger partial charge in [-0.25, -0.2) is 0 Å². The molecule has 0 fully saturated rings. The number of hydrogen-bond acceptors (Lipinski definition) is 4. The summed E-state index contributed by atoms with van der Waals surface area (Å²) < 4.78 is 10.9. The molecule has 1 aromatic rings. The molecule has 2 N–H and O–H groups in total. The zero-order valence-corrected chi connectivity index (χ0v) is 13.0. The van der Waals surface area contributed by atoms with Crippen LogP contribution in [0.2, 0.25) is 0 Å². The van der Waals surface area contributed by atoms with E-state index in [0.717, 1.165) is 0 Å². The molecule has 0 aliphatic carbocycles. The quantitative estimate of drug-likeness (QED) is 0.865. The van der Waals surface area contributed by atoms with Crippen molar-refractivity contribution in [3.63, 3.8) is 0 Å². The highest BCUT2D eigenvalue weighted by Crippen LogP contribution is 2.33. The van der Waals surface area contributed by atoms with Gasteiger partial charge in [0, 0.05) is 4.47 Å². The van der Waals surface area contributed by atoms with Crippen molar-refractivity contribution < 1.29 is 19.4 Å². The molecule has 6 heteroatoms. The second-order valence-electron chi connectivity index (χ2n) is 4.68. The first-order valence-corrected chi connectivity index (χ1v) is 6.49. The molecule has 106 valence electrons. The molecule has 1 aromatic carbocycles. The van der Waals surface area contributed by atoms with E-state index in [-0.39, 0.29) is 12.5 Å². The minimum Gasteiger partial charge on any atom is -0.493 e. The van der Waals surface area contributed by atoms with E-state index in [2.05, 4.69) is 21.2 Å². The first-order chi connectivity index (χ1) is 8.84. The van der Waals surface area contributed by atoms with Crippen LogP contribution in [0.5, 0.6) is 11.5 Å². The summed E-state index contributed by atoms with van der Waals surface area (Å²) >= 11 is 3.32. The first kappa shape index (κ1) is 15.8. The van der Waals surface area contributed by atoms with Crippen LogP contribution < -0.4 is 14.8 Å². The number of aliphatic hydroxyl groups excluding tert-OH is 1. The number of ether oxygens (including phenoxy) is 2. The van der Waals surface area contributed by atoms with Gasteiger partial charge in [0.15, 0.2) is 11.5 Å². The van der Waals surface area contributed by atoms with Crippen molar-refractivity contribution in [2.45, 2.75) is 19.4 Å². The molecule has 0 aliphatic rings. The summed E-state index contributed by atoms with van der Waals surface area (Å²) in [4.78, 5) is 12.2. The molecule has 19 heavy (non-hydrogen) atoms. The number of methoxy groups -OCH3 is 2. The average Bonchev–Trinajstić information content (AvgIpc) is 2.37. The van der Waals surface area contributed by atoms with Crippen LogP contribution in [0.25, 0.3) is 0 Å². The predicted molar refractivity (Wildman–Crippen MR) is 75.9 cm³/mol. The lowest BCUT2D eigenvalue weighted by atomic mass is 10.1. The highest BCUT2D eigenvalue weighted by molar-refractivity contribution is 9.10. The SMILES string of the molecule is COc1cc(Br)c(C(=O)NC(C)(C)CO)cc1OC. The molecule has 0 radical (unpaired) electrons. The van der Waals surface area contributed by atoms with Crippen LogP contribution in [0.1, 0.15) is 24.2 Å². The van der Waals surface area contributed by atoms with Gasteiger partial charge in [-0.2, -0.15) is 0 Å². The van der Waals surface area contributed by atoms with Crippen molar-refractivity contribution in [3.8, 4) is 11.5 Å². The number of hydrogen-bond donors (Lipinski definition) is 2. The Hall–Kier alpha value is -1.27. The number of aliphatic hydroxyl groups is 1. The van der Waals surface area contributed by atoms with E-state index in [1.165, 1.54) is 14.2 Å². The lowest BCUT2D eigenvalue weighted by Crippen LogP contribution is -2.46.